The van der Waals surface area contributed by atoms with E-state index < -0.39 is 23.6 Å². The van der Waals surface area contributed by atoms with Crippen molar-refractivity contribution >= 4 is 23.6 Å². The fourth-order valence-corrected chi connectivity index (χ4v) is 5.07. The van der Waals surface area contributed by atoms with Gasteiger partial charge >= 0.3 is 12.0 Å². The summed E-state index contributed by atoms with van der Waals surface area (Å²) in [5.41, 5.74) is 1.11. The Morgan fingerprint density at radius 3 is 2.45 bits per heavy atom. The van der Waals surface area contributed by atoms with Gasteiger partial charge in [0.2, 0.25) is 5.91 Å². The van der Waals surface area contributed by atoms with E-state index in [0.29, 0.717) is 18.0 Å². The van der Waals surface area contributed by atoms with Crippen LogP contribution in [0.15, 0.2) is 24.3 Å². The number of amides is 3. The Hall–Kier alpha value is -2.57. The van der Waals surface area contributed by atoms with Crippen LogP contribution >= 0.6 is 0 Å². The van der Waals surface area contributed by atoms with Gasteiger partial charge in [-0.2, -0.15) is 0 Å². The highest BCUT2D eigenvalue weighted by molar-refractivity contribution is 5.94. The molecule has 3 amide bonds. The number of anilines is 1. The predicted octanol–water partition coefficient (Wildman–Crippen LogP) is 4.79. The normalized spacial score (nSPS) is 22.4. The molecule has 0 aromatic heterocycles. The van der Waals surface area contributed by atoms with Gasteiger partial charge in [0.15, 0.2) is 0 Å². The van der Waals surface area contributed by atoms with Gasteiger partial charge in [-0.3, -0.25) is 9.59 Å². The second kappa shape index (κ2) is 11.0. The lowest BCUT2D eigenvalue weighted by Crippen LogP contribution is -2.54. The highest BCUT2D eigenvalue weighted by Crippen LogP contribution is 2.34. The summed E-state index contributed by atoms with van der Waals surface area (Å²) in [6.45, 7) is 7.36. The summed E-state index contributed by atoms with van der Waals surface area (Å²) in [6, 6.07) is 6.46. The van der Waals surface area contributed by atoms with E-state index in [1.54, 1.807) is 4.90 Å². The summed E-state index contributed by atoms with van der Waals surface area (Å²) >= 11 is 0. The smallest absolute Gasteiger partial charge is 0.326 e. The number of hydrogen-bond donors (Lipinski definition) is 2. The number of carbonyl (C=O) groups is 3. The van der Waals surface area contributed by atoms with Gasteiger partial charge in [-0.1, -0.05) is 31.4 Å². The molecule has 0 bridgehead atoms. The lowest BCUT2D eigenvalue weighted by Gasteiger charge is -2.38. The molecule has 1 aromatic carbocycles. The van der Waals surface area contributed by atoms with Crippen LogP contribution < -0.4 is 10.6 Å². The summed E-state index contributed by atoms with van der Waals surface area (Å²) < 4.78 is 5.54. The van der Waals surface area contributed by atoms with Crippen LogP contribution in [0.2, 0.25) is 0 Å². The molecule has 7 heteroatoms. The number of benzene rings is 1. The zero-order valence-electron chi connectivity index (χ0n) is 20.5. The van der Waals surface area contributed by atoms with Gasteiger partial charge in [0, 0.05) is 11.7 Å². The molecular weight excluding hydrogens is 418 g/mol. The molecule has 1 saturated carbocycles. The van der Waals surface area contributed by atoms with E-state index in [-0.39, 0.29) is 18.5 Å². The average molecular weight is 458 g/mol. The van der Waals surface area contributed by atoms with Crippen molar-refractivity contribution in [3.63, 3.8) is 0 Å². The highest BCUT2D eigenvalue weighted by Gasteiger charge is 2.39. The topological polar surface area (TPSA) is 87.7 Å². The van der Waals surface area contributed by atoms with E-state index in [2.05, 4.69) is 10.6 Å². The number of ether oxygens (including phenoxy) is 1. The zero-order chi connectivity index (χ0) is 24.0. The minimum Gasteiger partial charge on any atom is -0.459 e. The van der Waals surface area contributed by atoms with E-state index in [9.17, 15) is 14.4 Å². The van der Waals surface area contributed by atoms with Crippen LogP contribution in [0.1, 0.15) is 77.7 Å². The summed E-state index contributed by atoms with van der Waals surface area (Å²) in [6.07, 6.45) is 7.94. The first-order valence-corrected chi connectivity index (χ1v) is 12.3. The third kappa shape index (κ3) is 7.47. The Labute approximate surface area is 197 Å². The molecule has 1 aliphatic heterocycles. The number of urea groups is 1. The molecule has 0 radical (unpaired) electrons. The number of rotatable bonds is 5. The zero-order valence-corrected chi connectivity index (χ0v) is 20.5. The van der Waals surface area contributed by atoms with Gasteiger partial charge in [-0.15, -0.1) is 0 Å². The summed E-state index contributed by atoms with van der Waals surface area (Å²) in [5, 5.41) is 5.68. The average Bonchev–Trinajstić information content (AvgIpc) is 2.87. The number of aryl methyl sites for hydroxylation is 1. The Morgan fingerprint density at radius 2 is 1.79 bits per heavy atom. The second-order valence-corrected chi connectivity index (χ2v) is 10.5. The quantitative estimate of drug-likeness (QED) is 0.623. The maximum absolute atomic E-state index is 13.6. The lowest BCUT2D eigenvalue weighted by atomic mass is 9.81. The van der Waals surface area contributed by atoms with E-state index in [4.69, 9.17) is 4.74 Å². The number of nitrogens with one attached hydrogen (secondary N) is 2. The first-order chi connectivity index (χ1) is 15.6. The molecule has 1 heterocycles. The first-order valence-electron chi connectivity index (χ1n) is 12.3. The molecule has 0 spiro atoms. The maximum atomic E-state index is 13.6. The van der Waals surface area contributed by atoms with Crippen LogP contribution in [-0.4, -0.2) is 47.0 Å². The van der Waals surface area contributed by atoms with Crippen molar-refractivity contribution in [3.05, 3.63) is 29.8 Å². The fourth-order valence-electron chi connectivity index (χ4n) is 5.07. The van der Waals surface area contributed by atoms with Crippen molar-refractivity contribution in [3.8, 4) is 0 Å². The third-order valence-electron chi connectivity index (χ3n) is 6.47. The molecule has 2 N–H and O–H groups in total. The van der Waals surface area contributed by atoms with Crippen LogP contribution in [0.25, 0.3) is 0 Å². The minimum absolute atomic E-state index is 0.0111. The van der Waals surface area contributed by atoms with Gasteiger partial charge < -0.3 is 20.3 Å². The summed E-state index contributed by atoms with van der Waals surface area (Å²) in [7, 11) is 0. The molecule has 7 nitrogen and oxygen atoms in total. The van der Waals surface area contributed by atoms with Crippen molar-refractivity contribution in [2.45, 2.75) is 96.7 Å². The van der Waals surface area contributed by atoms with Crippen molar-refractivity contribution in [1.29, 1.82) is 0 Å². The molecule has 1 saturated heterocycles. The largest absolute Gasteiger partial charge is 0.459 e. The van der Waals surface area contributed by atoms with Crippen LogP contribution in [0.3, 0.4) is 0 Å². The molecule has 2 aliphatic rings. The van der Waals surface area contributed by atoms with Crippen molar-refractivity contribution in [2.24, 2.45) is 5.92 Å². The van der Waals surface area contributed by atoms with Crippen LogP contribution in [0.5, 0.6) is 0 Å². The van der Waals surface area contributed by atoms with Crippen LogP contribution in [0, 0.1) is 12.8 Å². The first kappa shape index (κ1) is 25.1. The molecular formula is C26H39N3O4. The second-order valence-electron chi connectivity index (χ2n) is 10.5. The molecule has 182 valence electrons. The van der Waals surface area contributed by atoms with Crippen molar-refractivity contribution in [2.75, 3.05) is 11.9 Å². The molecule has 2 unspecified atom stereocenters. The van der Waals surface area contributed by atoms with Crippen LogP contribution in [-0.2, 0) is 14.3 Å². The summed E-state index contributed by atoms with van der Waals surface area (Å²) in [4.78, 5) is 40.7. The lowest BCUT2D eigenvalue weighted by molar-refractivity contribution is -0.161. The van der Waals surface area contributed by atoms with Crippen LogP contribution in [0.4, 0.5) is 10.5 Å². The molecule has 1 aromatic rings. The van der Waals surface area contributed by atoms with Gasteiger partial charge in [0.05, 0.1) is 0 Å². The number of esters is 1. The summed E-state index contributed by atoms with van der Waals surface area (Å²) in [5.74, 6) is -0.195. The number of nitrogens with zero attached hydrogens (tertiary/aromatic N) is 1. The number of hydrogen-bond acceptors (Lipinski definition) is 4. The van der Waals surface area contributed by atoms with E-state index in [1.807, 2.05) is 52.0 Å². The molecule has 3 rings (SSSR count). The monoisotopic (exact) mass is 457 g/mol. The Bertz CT molecular complexity index is 842. The van der Waals surface area contributed by atoms with E-state index in [1.165, 1.54) is 6.42 Å². The van der Waals surface area contributed by atoms with Crippen molar-refractivity contribution in [1.82, 2.24) is 10.2 Å². The number of carbonyl (C=O) groups excluding carboxylic acids is 3. The SMILES string of the molecule is Cc1cccc(NC(=O)NC2CCCC(C3CCCCC3)N(CC(=O)OC(C)(C)C)C2=O)c1. The Kier molecular flexibility index (Phi) is 8.38. The van der Waals surface area contributed by atoms with Gasteiger partial charge in [-0.05, 0) is 83.4 Å². The van der Waals surface area contributed by atoms with Gasteiger partial charge in [0.25, 0.3) is 0 Å². The number of likely N-dealkylation sites (tertiary alicyclic amines) is 1. The molecule has 1 aliphatic carbocycles. The predicted molar refractivity (Wildman–Crippen MR) is 129 cm³/mol. The van der Waals surface area contributed by atoms with E-state index in [0.717, 1.165) is 44.1 Å². The maximum Gasteiger partial charge on any atom is 0.326 e. The molecule has 2 atom stereocenters. The van der Waals surface area contributed by atoms with E-state index >= 15 is 0 Å². The molecule has 33 heavy (non-hydrogen) atoms. The Morgan fingerprint density at radius 1 is 1.06 bits per heavy atom. The van der Waals surface area contributed by atoms with Gasteiger partial charge in [-0.25, -0.2) is 4.79 Å². The highest BCUT2D eigenvalue weighted by atomic mass is 16.6. The Balaban J connectivity index is 1.74. The van der Waals surface area contributed by atoms with Crippen molar-refractivity contribution < 1.29 is 19.1 Å². The van der Waals surface area contributed by atoms with Gasteiger partial charge in [0.1, 0.15) is 18.2 Å². The fraction of sp³-hybridized carbons (Fsp3) is 0.654. The standard InChI is InChI=1S/C26H39N3O4/c1-18-10-8-13-20(16-18)27-25(32)28-21-14-9-15-22(19-11-6-5-7-12-19)29(24(21)31)17-23(30)33-26(2,3)4/h8,10,13,16,19,21-22H,5-7,9,11-12,14-15,17H2,1-4H3,(H2,27,28,32). The minimum atomic E-state index is -0.661. The third-order valence-corrected chi connectivity index (χ3v) is 6.47. The molecule has 2 fully saturated rings.